The van der Waals surface area contributed by atoms with Gasteiger partial charge in [0.1, 0.15) is 0 Å². The summed E-state index contributed by atoms with van der Waals surface area (Å²) < 4.78 is 0. The second kappa shape index (κ2) is 7.46. The van der Waals surface area contributed by atoms with Gasteiger partial charge in [0, 0.05) is 19.8 Å². The van der Waals surface area contributed by atoms with E-state index in [4.69, 9.17) is 0 Å². The summed E-state index contributed by atoms with van der Waals surface area (Å²) in [4.78, 5) is 5.95. The molecule has 0 unspecified atom stereocenters. The SMILES string of the molecule is C=CN=CN(C)Cc1cc(-c2ccc3ccccc3c2)ccc1C#N. The molecule has 0 N–H and O–H groups in total. The predicted octanol–water partition coefficient (Wildman–Crippen LogP) is 4.98. The van der Waals surface area contributed by atoms with Gasteiger partial charge in [-0.25, -0.2) is 4.99 Å². The Hall–Kier alpha value is -3.38. The van der Waals surface area contributed by atoms with Crippen LogP contribution in [0, 0.1) is 11.3 Å². The molecule has 0 heterocycles. The van der Waals surface area contributed by atoms with Crippen LogP contribution in [0.25, 0.3) is 21.9 Å². The zero-order valence-electron chi connectivity index (χ0n) is 14.2. The molecule has 0 aliphatic carbocycles. The third-order valence-corrected chi connectivity index (χ3v) is 4.10. The number of hydrogen-bond acceptors (Lipinski definition) is 2. The average molecular weight is 325 g/mol. The minimum Gasteiger partial charge on any atom is -0.361 e. The van der Waals surface area contributed by atoms with E-state index in [9.17, 15) is 5.26 Å². The molecule has 0 radical (unpaired) electrons. The third-order valence-electron chi connectivity index (χ3n) is 4.10. The summed E-state index contributed by atoms with van der Waals surface area (Å²) in [5.74, 6) is 0. The van der Waals surface area contributed by atoms with Crippen molar-refractivity contribution in [3.63, 3.8) is 0 Å². The molecule has 3 nitrogen and oxygen atoms in total. The maximum absolute atomic E-state index is 9.39. The molecule has 0 amide bonds. The molecular formula is C22H19N3. The van der Waals surface area contributed by atoms with Crippen molar-refractivity contribution in [1.29, 1.82) is 5.26 Å². The van der Waals surface area contributed by atoms with Crippen LogP contribution in [0.5, 0.6) is 0 Å². The van der Waals surface area contributed by atoms with Crippen LogP contribution in [0.3, 0.4) is 0 Å². The molecule has 0 fully saturated rings. The fourth-order valence-electron chi connectivity index (χ4n) is 2.85. The molecule has 0 saturated heterocycles. The van der Waals surface area contributed by atoms with E-state index in [1.54, 1.807) is 6.34 Å². The summed E-state index contributed by atoms with van der Waals surface area (Å²) in [5, 5.41) is 11.8. The summed E-state index contributed by atoms with van der Waals surface area (Å²) in [7, 11) is 1.93. The van der Waals surface area contributed by atoms with Gasteiger partial charge in [0.05, 0.1) is 18.0 Å². The monoisotopic (exact) mass is 325 g/mol. The highest BCUT2D eigenvalue weighted by Crippen LogP contribution is 2.26. The molecule has 0 atom stereocenters. The first-order valence-electron chi connectivity index (χ1n) is 8.08. The Morgan fingerprint density at radius 1 is 1.04 bits per heavy atom. The Morgan fingerprint density at radius 2 is 1.76 bits per heavy atom. The maximum atomic E-state index is 9.39. The molecule has 0 saturated carbocycles. The Balaban J connectivity index is 1.98. The lowest BCUT2D eigenvalue weighted by molar-refractivity contribution is 0.515. The van der Waals surface area contributed by atoms with Crippen LogP contribution in [0.4, 0.5) is 0 Å². The van der Waals surface area contributed by atoms with Gasteiger partial charge in [-0.3, -0.25) is 0 Å². The van der Waals surface area contributed by atoms with Gasteiger partial charge in [-0.2, -0.15) is 5.26 Å². The first-order valence-corrected chi connectivity index (χ1v) is 8.08. The number of hydrogen-bond donors (Lipinski definition) is 0. The smallest absolute Gasteiger partial charge is 0.0995 e. The molecule has 0 bridgehead atoms. The lowest BCUT2D eigenvalue weighted by Crippen LogP contribution is -2.16. The average Bonchev–Trinajstić information content (AvgIpc) is 2.66. The van der Waals surface area contributed by atoms with E-state index < -0.39 is 0 Å². The van der Waals surface area contributed by atoms with Gasteiger partial charge in [0.2, 0.25) is 0 Å². The van der Waals surface area contributed by atoms with Crippen LogP contribution < -0.4 is 0 Å². The number of rotatable bonds is 5. The van der Waals surface area contributed by atoms with Gasteiger partial charge in [-0.05, 0) is 45.7 Å². The van der Waals surface area contributed by atoms with E-state index in [2.05, 4.69) is 54.0 Å². The van der Waals surface area contributed by atoms with Crippen LogP contribution in [-0.4, -0.2) is 18.3 Å². The van der Waals surface area contributed by atoms with Gasteiger partial charge in [-0.15, -0.1) is 0 Å². The van der Waals surface area contributed by atoms with E-state index in [0.717, 1.165) is 16.7 Å². The highest BCUT2D eigenvalue weighted by Gasteiger charge is 2.07. The molecule has 25 heavy (non-hydrogen) atoms. The zero-order valence-corrected chi connectivity index (χ0v) is 14.2. The topological polar surface area (TPSA) is 39.4 Å². The van der Waals surface area contributed by atoms with E-state index >= 15 is 0 Å². The number of nitrogens with zero attached hydrogens (tertiary/aromatic N) is 3. The maximum Gasteiger partial charge on any atom is 0.0995 e. The standard InChI is InChI=1S/C22H19N3/c1-3-24-16-25(2)15-22-13-20(10-11-21(22)14-23)19-9-8-17-6-4-5-7-18(17)12-19/h3-13,16H,1,15H2,2H3. The van der Waals surface area contributed by atoms with Gasteiger partial charge >= 0.3 is 0 Å². The summed E-state index contributed by atoms with van der Waals surface area (Å²) in [6.07, 6.45) is 3.20. The van der Waals surface area contributed by atoms with E-state index in [0.29, 0.717) is 12.1 Å². The normalized spacial score (nSPS) is 10.7. The van der Waals surface area contributed by atoms with Crippen LogP contribution >= 0.6 is 0 Å². The molecule has 0 aliphatic heterocycles. The molecule has 3 aromatic rings. The van der Waals surface area contributed by atoms with Crippen molar-refractivity contribution in [2.45, 2.75) is 6.54 Å². The molecule has 3 aromatic carbocycles. The molecule has 3 rings (SSSR count). The van der Waals surface area contributed by atoms with E-state index in [1.165, 1.54) is 17.0 Å². The van der Waals surface area contributed by atoms with Crippen molar-refractivity contribution >= 4 is 17.1 Å². The largest absolute Gasteiger partial charge is 0.361 e. The molecule has 0 aromatic heterocycles. The number of benzene rings is 3. The van der Waals surface area contributed by atoms with Crippen molar-refractivity contribution in [3.05, 3.63) is 84.6 Å². The van der Waals surface area contributed by atoms with Crippen LogP contribution in [0.2, 0.25) is 0 Å². The van der Waals surface area contributed by atoms with Crippen molar-refractivity contribution in [2.24, 2.45) is 4.99 Å². The molecule has 3 heteroatoms. The Bertz CT molecular complexity index is 980. The van der Waals surface area contributed by atoms with Gasteiger partial charge in [-0.1, -0.05) is 49.0 Å². The molecular weight excluding hydrogens is 306 g/mol. The summed E-state index contributed by atoms with van der Waals surface area (Å²) in [6.45, 7) is 4.19. The zero-order chi connectivity index (χ0) is 17.6. The van der Waals surface area contributed by atoms with Crippen molar-refractivity contribution in [1.82, 2.24) is 4.90 Å². The van der Waals surface area contributed by atoms with Gasteiger partial charge in [0.25, 0.3) is 0 Å². The summed E-state index contributed by atoms with van der Waals surface area (Å²) in [5.41, 5.74) is 3.91. The van der Waals surface area contributed by atoms with E-state index in [1.807, 2.05) is 36.2 Å². The number of aliphatic imine (C=N–C) groups is 1. The minimum atomic E-state index is 0.613. The van der Waals surface area contributed by atoms with Crippen LogP contribution in [-0.2, 0) is 6.54 Å². The fourth-order valence-corrected chi connectivity index (χ4v) is 2.85. The molecule has 0 spiro atoms. The Kier molecular flexibility index (Phi) is 4.92. The Morgan fingerprint density at radius 3 is 2.52 bits per heavy atom. The van der Waals surface area contributed by atoms with Crippen molar-refractivity contribution < 1.29 is 0 Å². The van der Waals surface area contributed by atoms with Crippen molar-refractivity contribution in [2.75, 3.05) is 7.05 Å². The summed E-state index contributed by atoms with van der Waals surface area (Å²) in [6, 6.07) is 23.0. The highest BCUT2D eigenvalue weighted by atomic mass is 15.1. The lowest BCUT2D eigenvalue weighted by atomic mass is 9.97. The molecule has 0 aliphatic rings. The summed E-state index contributed by atoms with van der Waals surface area (Å²) >= 11 is 0. The van der Waals surface area contributed by atoms with Crippen LogP contribution in [0.15, 0.2) is 78.4 Å². The van der Waals surface area contributed by atoms with Crippen LogP contribution in [0.1, 0.15) is 11.1 Å². The van der Waals surface area contributed by atoms with Gasteiger partial charge in [0.15, 0.2) is 0 Å². The third kappa shape index (κ3) is 3.76. The second-order valence-electron chi connectivity index (χ2n) is 5.91. The van der Waals surface area contributed by atoms with Gasteiger partial charge < -0.3 is 4.90 Å². The highest BCUT2D eigenvalue weighted by molar-refractivity contribution is 5.87. The fraction of sp³-hybridized carbons (Fsp3) is 0.0909. The van der Waals surface area contributed by atoms with Crippen molar-refractivity contribution in [3.8, 4) is 17.2 Å². The predicted molar refractivity (Wildman–Crippen MR) is 104 cm³/mol. The van der Waals surface area contributed by atoms with E-state index in [-0.39, 0.29) is 0 Å². The first-order chi connectivity index (χ1) is 12.2. The second-order valence-corrected chi connectivity index (χ2v) is 5.91. The number of nitriles is 1. The Labute approximate surface area is 148 Å². The minimum absolute atomic E-state index is 0.613. The first kappa shape index (κ1) is 16.5. The lowest BCUT2D eigenvalue weighted by Gasteiger charge is -2.15. The quantitative estimate of drug-likeness (QED) is 0.490. The molecule has 122 valence electrons. The number of fused-ring (bicyclic) bond motifs is 1.